The lowest BCUT2D eigenvalue weighted by Crippen LogP contribution is -1.25. The van der Waals surface area contributed by atoms with Crippen molar-refractivity contribution in [2.24, 2.45) is 0 Å². The lowest BCUT2D eigenvalue weighted by atomic mass is 10.7. The lowest BCUT2D eigenvalue weighted by Gasteiger charge is -1.50. The summed E-state index contributed by atoms with van der Waals surface area (Å²) in [5.74, 6) is 0. The first-order chi connectivity index (χ1) is 3.50. The molecular weight excluding hydrogens is 92.1 g/mol. The molecule has 0 aliphatic heterocycles. The molecule has 0 atom stereocenters. The molecule has 0 unspecified atom stereocenters. The molecular formula is C5H8O2. The van der Waals surface area contributed by atoms with E-state index in [2.05, 4.69) is 4.42 Å². The third-order valence-electron chi connectivity index (χ3n) is 0.425. The molecule has 0 saturated carbocycles. The maximum absolute atomic E-state index is 7.00. The molecule has 1 rings (SSSR count). The van der Waals surface area contributed by atoms with Gasteiger partial charge in [-0.2, -0.15) is 0 Å². The average Bonchev–Trinajstić information content (AvgIpc) is 2.23. The van der Waals surface area contributed by atoms with Gasteiger partial charge in [-0.3, -0.25) is 0 Å². The second kappa shape index (κ2) is 5.24. The van der Waals surface area contributed by atoms with E-state index in [1.165, 1.54) is 0 Å². The van der Waals surface area contributed by atoms with Gasteiger partial charge in [0, 0.05) is 7.11 Å². The van der Waals surface area contributed by atoms with E-state index in [-0.39, 0.29) is 0 Å². The second-order valence-electron chi connectivity index (χ2n) is 0.793. The highest BCUT2D eigenvalue weighted by Gasteiger charge is 1.58. The molecule has 0 fully saturated rings. The highest BCUT2D eigenvalue weighted by molar-refractivity contribution is 4.79. The number of rotatable bonds is 0. The van der Waals surface area contributed by atoms with E-state index in [0.29, 0.717) is 0 Å². The molecule has 7 heavy (non-hydrogen) atoms. The summed E-state index contributed by atoms with van der Waals surface area (Å²) in [6.45, 7) is 0. The van der Waals surface area contributed by atoms with Gasteiger partial charge in [-0.05, 0) is 12.1 Å². The van der Waals surface area contributed by atoms with Crippen molar-refractivity contribution in [1.29, 1.82) is 0 Å². The Hall–Kier alpha value is -0.760. The summed E-state index contributed by atoms with van der Waals surface area (Å²) in [6, 6.07) is 3.67. The predicted octanol–water partition coefficient (Wildman–Crippen LogP) is 0.888. The molecule has 40 valence electrons. The van der Waals surface area contributed by atoms with E-state index < -0.39 is 0 Å². The molecule has 0 bridgehead atoms. The van der Waals surface area contributed by atoms with E-state index in [4.69, 9.17) is 5.11 Å². The fraction of sp³-hybridized carbons (Fsp3) is 0.200. The summed E-state index contributed by atoms with van der Waals surface area (Å²) in [5, 5.41) is 7.00. The Labute approximate surface area is 42.4 Å². The summed E-state index contributed by atoms with van der Waals surface area (Å²) < 4.78 is 4.58. The molecule has 2 heteroatoms. The summed E-state index contributed by atoms with van der Waals surface area (Å²) in [4.78, 5) is 0. The van der Waals surface area contributed by atoms with Crippen molar-refractivity contribution in [3.63, 3.8) is 0 Å². The van der Waals surface area contributed by atoms with Crippen LogP contribution in [0.2, 0.25) is 0 Å². The van der Waals surface area contributed by atoms with Gasteiger partial charge < -0.3 is 9.52 Å². The van der Waals surface area contributed by atoms with Crippen LogP contribution in [0, 0.1) is 0 Å². The van der Waals surface area contributed by atoms with Gasteiger partial charge in [0.05, 0.1) is 12.5 Å². The Morgan fingerprint density at radius 2 is 1.57 bits per heavy atom. The Bertz CT molecular complexity index is 62.6. The summed E-state index contributed by atoms with van der Waals surface area (Å²) >= 11 is 0. The zero-order chi connectivity index (χ0) is 5.54. The highest BCUT2D eigenvalue weighted by atomic mass is 16.3. The molecule has 0 spiro atoms. The first kappa shape index (κ1) is 6.24. The maximum atomic E-state index is 7.00. The molecule has 1 aromatic rings. The van der Waals surface area contributed by atoms with Gasteiger partial charge in [-0.1, -0.05) is 0 Å². The van der Waals surface area contributed by atoms with Gasteiger partial charge in [0.25, 0.3) is 0 Å². The Kier molecular flexibility index (Phi) is 4.67. The van der Waals surface area contributed by atoms with Crippen LogP contribution < -0.4 is 0 Å². The van der Waals surface area contributed by atoms with Crippen molar-refractivity contribution in [1.82, 2.24) is 0 Å². The normalized spacial score (nSPS) is 6.57. The van der Waals surface area contributed by atoms with Crippen LogP contribution >= 0.6 is 0 Å². The van der Waals surface area contributed by atoms with E-state index in [9.17, 15) is 0 Å². The molecule has 0 radical (unpaired) electrons. The van der Waals surface area contributed by atoms with E-state index >= 15 is 0 Å². The molecule has 0 aromatic carbocycles. The average molecular weight is 100 g/mol. The van der Waals surface area contributed by atoms with Gasteiger partial charge in [-0.25, -0.2) is 0 Å². The van der Waals surface area contributed by atoms with Gasteiger partial charge in [0.1, 0.15) is 0 Å². The van der Waals surface area contributed by atoms with Gasteiger partial charge in [0.15, 0.2) is 0 Å². The van der Waals surface area contributed by atoms with Gasteiger partial charge >= 0.3 is 0 Å². The quantitative estimate of drug-likeness (QED) is 0.525. The monoisotopic (exact) mass is 100 g/mol. The zero-order valence-corrected chi connectivity index (χ0v) is 4.16. The van der Waals surface area contributed by atoms with Crippen molar-refractivity contribution in [2.75, 3.05) is 7.11 Å². The van der Waals surface area contributed by atoms with Crippen LogP contribution in [0.25, 0.3) is 0 Å². The SMILES string of the molecule is CO.c1ccoc1. The lowest BCUT2D eigenvalue weighted by molar-refractivity contribution is 0.399. The Balaban J connectivity index is 0.000000162. The van der Waals surface area contributed by atoms with Gasteiger partial charge in [-0.15, -0.1) is 0 Å². The number of aliphatic hydroxyl groups excluding tert-OH is 1. The highest BCUT2D eigenvalue weighted by Crippen LogP contribution is 1.79. The molecule has 0 aliphatic carbocycles. The molecule has 0 amide bonds. The first-order valence-electron chi connectivity index (χ1n) is 1.92. The number of furan rings is 1. The van der Waals surface area contributed by atoms with E-state index in [1.807, 2.05) is 12.1 Å². The number of hydrogen-bond donors (Lipinski definition) is 1. The van der Waals surface area contributed by atoms with E-state index in [0.717, 1.165) is 7.11 Å². The summed E-state index contributed by atoms with van der Waals surface area (Å²) in [5.41, 5.74) is 0. The maximum Gasteiger partial charge on any atom is 0.0902 e. The molecule has 0 aliphatic rings. The zero-order valence-electron chi connectivity index (χ0n) is 4.16. The molecule has 1 N–H and O–H groups in total. The van der Waals surface area contributed by atoms with Gasteiger partial charge in [0.2, 0.25) is 0 Å². The molecule has 1 aromatic heterocycles. The number of aliphatic hydroxyl groups is 1. The number of hydrogen-bond acceptors (Lipinski definition) is 2. The van der Waals surface area contributed by atoms with Crippen LogP contribution in [-0.4, -0.2) is 12.2 Å². The summed E-state index contributed by atoms with van der Waals surface area (Å²) in [6.07, 6.45) is 3.25. The second-order valence-corrected chi connectivity index (χ2v) is 0.793. The minimum Gasteiger partial charge on any atom is -0.473 e. The third kappa shape index (κ3) is 3.06. The minimum absolute atomic E-state index is 1.00. The summed E-state index contributed by atoms with van der Waals surface area (Å²) in [7, 11) is 1.00. The van der Waals surface area contributed by atoms with Crippen LogP contribution in [0.5, 0.6) is 0 Å². The van der Waals surface area contributed by atoms with Crippen molar-refractivity contribution < 1.29 is 9.52 Å². The van der Waals surface area contributed by atoms with Crippen molar-refractivity contribution in [3.8, 4) is 0 Å². The topological polar surface area (TPSA) is 33.4 Å². The van der Waals surface area contributed by atoms with Crippen LogP contribution in [-0.2, 0) is 0 Å². The smallest absolute Gasteiger partial charge is 0.0902 e. The Morgan fingerprint density at radius 3 is 1.71 bits per heavy atom. The van der Waals surface area contributed by atoms with Crippen LogP contribution in [0.15, 0.2) is 29.1 Å². The molecule has 1 heterocycles. The fourth-order valence-corrected chi connectivity index (χ4v) is 0.227. The first-order valence-corrected chi connectivity index (χ1v) is 1.92. The molecule has 2 nitrogen and oxygen atoms in total. The van der Waals surface area contributed by atoms with Crippen molar-refractivity contribution in [3.05, 3.63) is 24.7 Å². The van der Waals surface area contributed by atoms with Crippen LogP contribution in [0.1, 0.15) is 0 Å². The largest absolute Gasteiger partial charge is 0.473 e. The Morgan fingerprint density at radius 1 is 1.14 bits per heavy atom. The van der Waals surface area contributed by atoms with Crippen molar-refractivity contribution in [2.45, 2.75) is 0 Å². The van der Waals surface area contributed by atoms with E-state index in [1.54, 1.807) is 12.5 Å². The predicted molar refractivity (Wildman–Crippen MR) is 26.9 cm³/mol. The third-order valence-corrected chi connectivity index (χ3v) is 0.425. The van der Waals surface area contributed by atoms with Crippen molar-refractivity contribution >= 4 is 0 Å². The van der Waals surface area contributed by atoms with Crippen LogP contribution in [0.3, 0.4) is 0 Å². The fourth-order valence-electron chi connectivity index (χ4n) is 0.227. The minimum atomic E-state index is 1.00. The standard InChI is InChI=1S/C4H4O.CH4O/c1-2-4-5-3-1;1-2/h1-4H;2H,1H3. The van der Waals surface area contributed by atoms with Crippen LogP contribution in [0.4, 0.5) is 0 Å². The molecule has 0 saturated heterocycles.